The fraction of sp³-hybridized carbons (Fsp3) is 0.571. The number of allylic oxidation sites excluding steroid dienone is 12. The average Bonchev–Trinajstić information content (AvgIpc) is 3.04. The van der Waals surface area contributed by atoms with E-state index in [9.17, 15) is 34.8 Å². The number of rotatable bonds is 23. The standard InChI is InChI=1S/C35H55N3O9/c1-2-3-4-5-6-7-8-9-10-11-12-13-14-15-16-17-18-19-20-24-29(40)36-25-22-21-23-27(37-35(45)46)33(43)38-30-32(42)31(41)28(26-39)47-34(30)44/h3-4,6-7,9-10,12-13,15-16,18-19,27-28,30-32,34,37,39,41-42,44H,2,5,8,11,14,17,20-26H2,1H3,(H,36,40)(H,38,43)(H,45,46)/t27?,28-,30-,31-,32-,34-/m1/s1. The third-order valence-electron chi connectivity index (χ3n) is 7.20. The first-order valence-electron chi connectivity index (χ1n) is 16.5. The molecule has 0 aromatic carbocycles. The smallest absolute Gasteiger partial charge is 0.405 e. The normalized spacial score (nSPS) is 22.7. The maximum Gasteiger partial charge on any atom is 0.405 e. The number of hydrogen-bond donors (Lipinski definition) is 8. The SMILES string of the molecule is CCC=CCC=CCC=CCC=CCC=CCC=CCCC(=O)NCCCCC(NC(=O)O)C(=O)N[C@@H]1[C@@H](O)[C@H](O)[C@@H](CO)O[C@H]1O. The number of aliphatic hydroxyl groups excluding tert-OH is 4. The molecule has 0 aliphatic carbocycles. The Morgan fingerprint density at radius 2 is 1.30 bits per heavy atom. The Hall–Kier alpha value is -3.55. The Morgan fingerprint density at radius 3 is 1.81 bits per heavy atom. The first-order chi connectivity index (χ1) is 22.7. The highest BCUT2D eigenvalue weighted by molar-refractivity contribution is 5.85. The van der Waals surface area contributed by atoms with Crippen molar-refractivity contribution in [3.05, 3.63) is 72.9 Å². The van der Waals surface area contributed by atoms with Gasteiger partial charge in [-0.25, -0.2) is 4.79 Å². The summed E-state index contributed by atoms with van der Waals surface area (Å²) >= 11 is 0. The minimum atomic E-state index is -1.72. The van der Waals surface area contributed by atoms with Crippen molar-refractivity contribution in [2.24, 2.45) is 0 Å². The van der Waals surface area contributed by atoms with Crippen LogP contribution in [0.2, 0.25) is 0 Å². The topological polar surface area (TPSA) is 198 Å². The first kappa shape index (κ1) is 41.5. The molecule has 1 aliphatic heterocycles. The Balaban J connectivity index is 2.19. The molecule has 264 valence electrons. The second-order valence-electron chi connectivity index (χ2n) is 11.1. The van der Waals surface area contributed by atoms with E-state index in [-0.39, 0.29) is 12.3 Å². The summed E-state index contributed by atoms with van der Waals surface area (Å²) in [6, 6.07) is -2.64. The van der Waals surface area contributed by atoms with Gasteiger partial charge < -0.3 is 46.2 Å². The molecule has 12 heteroatoms. The van der Waals surface area contributed by atoms with E-state index in [1.165, 1.54) is 0 Å². The quantitative estimate of drug-likeness (QED) is 0.0598. The Morgan fingerprint density at radius 1 is 0.766 bits per heavy atom. The molecule has 0 spiro atoms. The number of aliphatic hydroxyl groups is 4. The molecule has 47 heavy (non-hydrogen) atoms. The van der Waals surface area contributed by atoms with Gasteiger partial charge in [0.15, 0.2) is 6.29 Å². The molecule has 0 aromatic rings. The van der Waals surface area contributed by atoms with E-state index in [2.05, 4.69) is 83.6 Å². The number of carbonyl (C=O) groups is 3. The van der Waals surface area contributed by atoms with Crippen LogP contribution in [-0.4, -0.2) is 93.3 Å². The van der Waals surface area contributed by atoms with Gasteiger partial charge in [0.1, 0.15) is 30.4 Å². The van der Waals surface area contributed by atoms with Crippen LogP contribution < -0.4 is 16.0 Å². The van der Waals surface area contributed by atoms with Crippen LogP contribution in [0.15, 0.2) is 72.9 Å². The Kier molecular flexibility index (Phi) is 23.4. The molecular weight excluding hydrogens is 606 g/mol. The second kappa shape index (κ2) is 26.5. The van der Waals surface area contributed by atoms with E-state index >= 15 is 0 Å². The largest absolute Gasteiger partial charge is 0.465 e. The van der Waals surface area contributed by atoms with Crippen molar-refractivity contribution < 1.29 is 44.7 Å². The zero-order chi connectivity index (χ0) is 34.7. The van der Waals surface area contributed by atoms with Gasteiger partial charge >= 0.3 is 6.09 Å². The van der Waals surface area contributed by atoms with Gasteiger partial charge in [0.25, 0.3) is 0 Å². The van der Waals surface area contributed by atoms with Crippen LogP contribution >= 0.6 is 0 Å². The summed E-state index contributed by atoms with van der Waals surface area (Å²) in [6.45, 7) is 1.83. The summed E-state index contributed by atoms with van der Waals surface area (Å²) in [7, 11) is 0. The van der Waals surface area contributed by atoms with Crippen molar-refractivity contribution >= 4 is 17.9 Å². The predicted octanol–water partition coefficient (Wildman–Crippen LogP) is 3.30. The highest BCUT2D eigenvalue weighted by Crippen LogP contribution is 2.20. The first-order valence-corrected chi connectivity index (χ1v) is 16.5. The summed E-state index contributed by atoms with van der Waals surface area (Å²) < 4.78 is 5.01. The predicted molar refractivity (Wildman–Crippen MR) is 181 cm³/mol. The van der Waals surface area contributed by atoms with Gasteiger partial charge in [-0.15, -0.1) is 0 Å². The van der Waals surface area contributed by atoms with E-state index in [1.54, 1.807) is 0 Å². The molecule has 1 rings (SSSR count). The number of amides is 3. The number of ether oxygens (including phenoxy) is 1. The van der Waals surface area contributed by atoms with Crippen molar-refractivity contribution in [2.45, 2.75) is 114 Å². The number of hydrogen-bond acceptors (Lipinski definition) is 8. The lowest BCUT2D eigenvalue weighted by Gasteiger charge is -2.40. The van der Waals surface area contributed by atoms with Crippen LogP contribution in [-0.2, 0) is 14.3 Å². The van der Waals surface area contributed by atoms with Gasteiger partial charge in [-0.1, -0.05) is 79.8 Å². The van der Waals surface area contributed by atoms with Gasteiger partial charge in [-0.05, 0) is 64.2 Å². The number of unbranched alkanes of at least 4 members (excludes halogenated alkanes) is 1. The van der Waals surface area contributed by atoms with Crippen LogP contribution in [0.25, 0.3) is 0 Å². The molecule has 3 amide bonds. The molecule has 1 fully saturated rings. The van der Waals surface area contributed by atoms with Crippen molar-refractivity contribution in [3.8, 4) is 0 Å². The molecule has 0 radical (unpaired) electrons. The van der Waals surface area contributed by atoms with E-state index in [0.29, 0.717) is 32.2 Å². The molecule has 0 bridgehead atoms. The summed E-state index contributed by atoms with van der Waals surface area (Å²) in [5, 5.41) is 55.8. The molecular formula is C35H55N3O9. The molecule has 0 saturated carbocycles. The van der Waals surface area contributed by atoms with Gasteiger partial charge in [-0.2, -0.15) is 0 Å². The number of carbonyl (C=O) groups excluding carboxylic acids is 2. The van der Waals surface area contributed by atoms with Gasteiger partial charge in [0, 0.05) is 13.0 Å². The van der Waals surface area contributed by atoms with Crippen LogP contribution in [0, 0.1) is 0 Å². The van der Waals surface area contributed by atoms with Crippen LogP contribution in [0.5, 0.6) is 0 Å². The minimum absolute atomic E-state index is 0.0914. The van der Waals surface area contributed by atoms with Crippen molar-refractivity contribution in [1.29, 1.82) is 0 Å². The third-order valence-corrected chi connectivity index (χ3v) is 7.20. The fourth-order valence-electron chi connectivity index (χ4n) is 4.58. The Bertz CT molecular complexity index is 1070. The van der Waals surface area contributed by atoms with Gasteiger partial charge in [0.05, 0.1) is 6.61 Å². The van der Waals surface area contributed by atoms with Crippen LogP contribution in [0.4, 0.5) is 4.79 Å². The zero-order valence-electron chi connectivity index (χ0n) is 27.5. The summed E-state index contributed by atoms with van der Waals surface area (Å²) in [4.78, 5) is 36.0. The Labute approximate surface area is 278 Å². The molecule has 12 nitrogen and oxygen atoms in total. The lowest BCUT2D eigenvalue weighted by Crippen LogP contribution is -2.65. The monoisotopic (exact) mass is 661 g/mol. The highest BCUT2D eigenvalue weighted by Gasteiger charge is 2.44. The molecule has 0 aromatic heterocycles. The zero-order valence-corrected chi connectivity index (χ0v) is 27.5. The summed E-state index contributed by atoms with van der Waals surface area (Å²) in [5.41, 5.74) is 0. The molecule has 1 heterocycles. The molecule has 1 unspecified atom stereocenters. The average molecular weight is 662 g/mol. The molecule has 8 N–H and O–H groups in total. The van der Waals surface area contributed by atoms with Crippen molar-refractivity contribution in [3.63, 3.8) is 0 Å². The maximum atomic E-state index is 12.7. The van der Waals surface area contributed by atoms with Gasteiger partial charge in [-0.3, -0.25) is 9.59 Å². The van der Waals surface area contributed by atoms with Crippen molar-refractivity contribution in [1.82, 2.24) is 16.0 Å². The highest BCUT2D eigenvalue weighted by atomic mass is 16.6. The van der Waals surface area contributed by atoms with E-state index in [1.807, 2.05) is 12.2 Å². The fourth-order valence-corrected chi connectivity index (χ4v) is 4.58. The number of nitrogens with one attached hydrogen (secondary N) is 3. The molecule has 6 atom stereocenters. The lowest BCUT2D eigenvalue weighted by atomic mass is 9.96. The molecule has 1 aliphatic rings. The van der Waals surface area contributed by atoms with Crippen LogP contribution in [0.3, 0.4) is 0 Å². The second-order valence-corrected chi connectivity index (χ2v) is 11.1. The van der Waals surface area contributed by atoms with Gasteiger partial charge in [0.2, 0.25) is 11.8 Å². The molecule has 1 saturated heterocycles. The van der Waals surface area contributed by atoms with Crippen LogP contribution in [0.1, 0.15) is 77.6 Å². The van der Waals surface area contributed by atoms with E-state index in [0.717, 1.165) is 38.5 Å². The lowest BCUT2D eigenvalue weighted by molar-refractivity contribution is -0.254. The van der Waals surface area contributed by atoms with E-state index < -0.39 is 55.3 Å². The minimum Gasteiger partial charge on any atom is -0.465 e. The van der Waals surface area contributed by atoms with Crippen molar-refractivity contribution in [2.75, 3.05) is 13.2 Å². The van der Waals surface area contributed by atoms with E-state index in [4.69, 9.17) is 9.84 Å². The maximum absolute atomic E-state index is 12.7. The summed E-state index contributed by atoms with van der Waals surface area (Å²) in [5.74, 6) is -0.934. The third kappa shape index (κ3) is 19.7. The summed E-state index contributed by atoms with van der Waals surface area (Å²) in [6.07, 6.45) is 25.5. The number of carboxylic acid groups (broad SMARTS) is 1.